The lowest BCUT2D eigenvalue weighted by Gasteiger charge is -2.27. The van der Waals surface area contributed by atoms with Crippen molar-refractivity contribution in [1.82, 2.24) is 9.88 Å². The first kappa shape index (κ1) is 14.9. The Kier molecular flexibility index (Phi) is 5.36. The highest BCUT2D eigenvalue weighted by Crippen LogP contribution is 2.27. The van der Waals surface area contributed by atoms with E-state index in [0.717, 1.165) is 27.5 Å². The van der Waals surface area contributed by atoms with Gasteiger partial charge < -0.3 is 5.11 Å². The number of carboxylic acid groups (broad SMARTS) is 1. The van der Waals surface area contributed by atoms with E-state index in [1.54, 1.807) is 6.20 Å². The summed E-state index contributed by atoms with van der Waals surface area (Å²) < 4.78 is 1.82. The van der Waals surface area contributed by atoms with E-state index in [0.29, 0.717) is 12.6 Å². The number of rotatable bonds is 5. The van der Waals surface area contributed by atoms with E-state index < -0.39 is 5.97 Å². The highest BCUT2D eigenvalue weighted by molar-refractivity contribution is 9.11. The highest BCUT2D eigenvalue weighted by Gasteiger charge is 2.25. The van der Waals surface area contributed by atoms with Crippen molar-refractivity contribution in [2.24, 2.45) is 0 Å². The maximum absolute atomic E-state index is 11.0. The first-order valence-corrected chi connectivity index (χ1v) is 7.90. The molecule has 1 N–H and O–H groups in total. The molecule has 0 radical (unpaired) electrons. The summed E-state index contributed by atoms with van der Waals surface area (Å²) in [5, 5.41) is 9.05. The Labute approximate surface area is 129 Å². The minimum Gasteiger partial charge on any atom is -0.480 e. The maximum Gasteiger partial charge on any atom is 0.317 e. The first-order chi connectivity index (χ1) is 9.06. The summed E-state index contributed by atoms with van der Waals surface area (Å²) in [6.45, 7) is 0.652. The smallest absolute Gasteiger partial charge is 0.317 e. The van der Waals surface area contributed by atoms with Crippen molar-refractivity contribution in [3.63, 3.8) is 0 Å². The highest BCUT2D eigenvalue weighted by atomic mass is 79.9. The van der Waals surface area contributed by atoms with Gasteiger partial charge in [0.1, 0.15) is 0 Å². The van der Waals surface area contributed by atoms with Crippen molar-refractivity contribution in [2.75, 3.05) is 6.54 Å². The molecule has 0 saturated heterocycles. The average Bonchev–Trinajstić information content (AvgIpc) is 2.84. The minimum absolute atomic E-state index is 0.0782. The lowest BCUT2D eigenvalue weighted by atomic mass is 10.2. The third-order valence-electron chi connectivity index (χ3n) is 3.42. The van der Waals surface area contributed by atoms with E-state index in [4.69, 9.17) is 5.11 Å². The summed E-state index contributed by atoms with van der Waals surface area (Å²) in [4.78, 5) is 17.4. The molecule has 19 heavy (non-hydrogen) atoms. The van der Waals surface area contributed by atoms with Crippen LogP contribution in [-0.2, 0) is 11.3 Å². The second-order valence-electron chi connectivity index (χ2n) is 4.82. The molecule has 1 aromatic heterocycles. The number of halogens is 2. The van der Waals surface area contributed by atoms with E-state index in [2.05, 4.69) is 36.8 Å². The van der Waals surface area contributed by atoms with E-state index in [9.17, 15) is 4.79 Å². The van der Waals surface area contributed by atoms with Gasteiger partial charge >= 0.3 is 5.97 Å². The number of pyridine rings is 1. The average molecular weight is 392 g/mol. The van der Waals surface area contributed by atoms with Crippen LogP contribution in [0.2, 0.25) is 0 Å². The van der Waals surface area contributed by atoms with E-state index in [1.165, 1.54) is 12.8 Å². The Bertz CT molecular complexity index is 462. The number of aromatic nitrogens is 1. The zero-order valence-corrected chi connectivity index (χ0v) is 13.7. The minimum atomic E-state index is -0.778. The first-order valence-electron chi connectivity index (χ1n) is 6.32. The Balaban J connectivity index is 2.12. The van der Waals surface area contributed by atoms with Crippen molar-refractivity contribution in [3.05, 3.63) is 26.9 Å². The van der Waals surface area contributed by atoms with Crippen molar-refractivity contribution in [3.8, 4) is 0 Å². The molecule has 1 saturated carbocycles. The normalized spacial score (nSPS) is 16.2. The molecule has 1 heterocycles. The summed E-state index contributed by atoms with van der Waals surface area (Å²) in [5.41, 5.74) is 0.886. The number of aliphatic carboxylic acids is 1. The fourth-order valence-corrected chi connectivity index (χ4v) is 3.62. The van der Waals surface area contributed by atoms with Crippen molar-refractivity contribution >= 4 is 37.8 Å². The Morgan fingerprint density at radius 2 is 2.11 bits per heavy atom. The van der Waals surface area contributed by atoms with Gasteiger partial charge in [-0.25, -0.2) is 0 Å². The number of hydrogen-bond donors (Lipinski definition) is 1. The molecule has 4 nitrogen and oxygen atoms in total. The molecular formula is C13H16Br2N2O2. The fraction of sp³-hybridized carbons (Fsp3) is 0.538. The zero-order valence-electron chi connectivity index (χ0n) is 10.5. The van der Waals surface area contributed by atoms with Gasteiger partial charge in [0.25, 0.3) is 0 Å². The standard InChI is InChI=1S/C13H16Br2N2O2/c14-9-5-11(15)12(16-6-9)7-17(8-13(18)19)10-3-1-2-4-10/h5-6,10H,1-4,7-8H2,(H,18,19). The van der Waals surface area contributed by atoms with Crippen LogP contribution in [0.15, 0.2) is 21.2 Å². The molecule has 0 amide bonds. The number of hydrogen-bond acceptors (Lipinski definition) is 3. The van der Waals surface area contributed by atoms with E-state index in [1.807, 2.05) is 11.0 Å². The Morgan fingerprint density at radius 1 is 1.42 bits per heavy atom. The van der Waals surface area contributed by atoms with Crippen LogP contribution in [0.25, 0.3) is 0 Å². The summed E-state index contributed by atoms with van der Waals surface area (Å²) >= 11 is 6.85. The second-order valence-corrected chi connectivity index (χ2v) is 6.59. The molecule has 0 aromatic carbocycles. The van der Waals surface area contributed by atoms with Gasteiger partial charge in [-0.3, -0.25) is 14.7 Å². The van der Waals surface area contributed by atoms with Crippen LogP contribution in [-0.4, -0.2) is 33.5 Å². The van der Waals surface area contributed by atoms with Crippen LogP contribution in [0, 0.1) is 0 Å². The van der Waals surface area contributed by atoms with Gasteiger partial charge in [0.15, 0.2) is 0 Å². The molecule has 1 aliphatic rings. The summed E-state index contributed by atoms with van der Waals surface area (Å²) in [6, 6.07) is 2.31. The predicted octanol–water partition coefficient (Wildman–Crippen LogP) is 3.44. The largest absolute Gasteiger partial charge is 0.480 e. The SMILES string of the molecule is O=C(O)CN(Cc1ncc(Br)cc1Br)C1CCCC1. The van der Waals surface area contributed by atoms with Crippen LogP contribution in [0.4, 0.5) is 0 Å². The van der Waals surface area contributed by atoms with Crippen LogP contribution in [0.3, 0.4) is 0 Å². The van der Waals surface area contributed by atoms with Gasteiger partial charge in [0, 0.05) is 27.7 Å². The summed E-state index contributed by atoms with van der Waals surface area (Å²) in [5.74, 6) is -0.778. The van der Waals surface area contributed by atoms with Crippen LogP contribution >= 0.6 is 31.9 Å². The molecule has 6 heteroatoms. The predicted molar refractivity (Wildman–Crippen MR) is 79.9 cm³/mol. The fourth-order valence-electron chi connectivity index (χ4n) is 2.51. The monoisotopic (exact) mass is 390 g/mol. The molecule has 1 aliphatic carbocycles. The van der Waals surface area contributed by atoms with Crippen LogP contribution < -0.4 is 0 Å². The lowest BCUT2D eigenvalue weighted by molar-refractivity contribution is -0.139. The molecule has 1 fully saturated rings. The quantitative estimate of drug-likeness (QED) is 0.835. The van der Waals surface area contributed by atoms with Gasteiger partial charge in [-0.2, -0.15) is 0 Å². The number of carbonyl (C=O) groups is 1. The number of carboxylic acids is 1. The third-order valence-corrected chi connectivity index (χ3v) is 4.54. The zero-order chi connectivity index (χ0) is 13.8. The topological polar surface area (TPSA) is 53.4 Å². The third kappa shape index (κ3) is 4.26. The molecule has 104 valence electrons. The Morgan fingerprint density at radius 3 is 2.68 bits per heavy atom. The van der Waals surface area contributed by atoms with Crippen LogP contribution in [0.1, 0.15) is 31.4 Å². The number of nitrogens with zero attached hydrogens (tertiary/aromatic N) is 2. The van der Waals surface area contributed by atoms with Gasteiger partial charge in [0.05, 0.1) is 12.2 Å². The summed E-state index contributed by atoms with van der Waals surface area (Å²) in [7, 11) is 0. The molecule has 0 spiro atoms. The molecule has 2 rings (SSSR count). The lowest BCUT2D eigenvalue weighted by Crippen LogP contribution is -2.37. The Hall–Kier alpha value is -0.460. The molecule has 0 unspecified atom stereocenters. The van der Waals surface area contributed by atoms with Crippen molar-refractivity contribution in [1.29, 1.82) is 0 Å². The van der Waals surface area contributed by atoms with E-state index in [-0.39, 0.29) is 6.54 Å². The van der Waals surface area contributed by atoms with Crippen LogP contribution in [0.5, 0.6) is 0 Å². The van der Waals surface area contributed by atoms with Gasteiger partial charge in [-0.05, 0) is 50.8 Å². The van der Waals surface area contributed by atoms with Gasteiger partial charge in [-0.15, -0.1) is 0 Å². The maximum atomic E-state index is 11.0. The molecular weight excluding hydrogens is 376 g/mol. The van der Waals surface area contributed by atoms with E-state index >= 15 is 0 Å². The van der Waals surface area contributed by atoms with Gasteiger partial charge in [-0.1, -0.05) is 12.8 Å². The molecule has 0 bridgehead atoms. The second kappa shape index (κ2) is 6.81. The molecule has 0 atom stereocenters. The van der Waals surface area contributed by atoms with Gasteiger partial charge in [0.2, 0.25) is 0 Å². The molecule has 0 aliphatic heterocycles. The molecule has 1 aromatic rings. The van der Waals surface area contributed by atoms with Crippen molar-refractivity contribution < 1.29 is 9.90 Å². The van der Waals surface area contributed by atoms with Crippen molar-refractivity contribution in [2.45, 2.75) is 38.3 Å². The summed E-state index contributed by atoms with van der Waals surface area (Å²) in [6.07, 6.45) is 6.29.